The minimum absolute atomic E-state index is 0.00449. The van der Waals surface area contributed by atoms with Crippen molar-refractivity contribution in [3.8, 4) is 5.75 Å². The van der Waals surface area contributed by atoms with E-state index < -0.39 is 16.0 Å². The summed E-state index contributed by atoms with van der Waals surface area (Å²) in [4.78, 5) is 24.5. The Morgan fingerprint density at radius 2 is 1.50 bits per heavy atom. The number of aryl methyl sites for hydroxylation is 1. The number of sulfonamides is 1. The van der Waals surface area contributed by atoms with E-state index in [1.54, 1.807) is 75.4 Å². The highest BCUT2D eigenvalue weighted by atomic mass is 32.2. The van der Waals surface area contributed by atoms with Crippen LogP contribution in [0.3, 0.4) is 0 Å². The van der Waals surface area contributed by atoms with Crippen LogP contribution in [0.25, 0.3) is 0 Å². The molecule has 3 aromatic carbocycles. The number of esters is 1. The predicted molar refractivity (Wildman–Crippen MR) is 124 cm³/mol. The molecule has 0 N–H and O–H groups in total. The molecule has 0 aromatic heterocycles. The average molecular weight is 452 g/mol. The Morgan fingerprint density at radius 3 is 2.09 bits per heavy atom. The van der Waals surface area contributed by atoms with E-state index in [4.69, 9.17) is 4.74 Å². The van der Waals surface area contributed by atoms with Crippen molar-refractivity contribution in [2.75, 3.05) is 10.8 Å². The highest BCUT2D eigenvalue weighted by Crippen LogP contribution is 2.27. The molecule has 0 aliphatic rings. The van der Waals surface area contributed by atoms with Crippen LogP contribution in [0.4, 0.5) is 5.69 Å². The molecule has 3 aromatic rings. The summed E-state index contributed by atoms with van der Waals surface area (Å²) >= 11 is 0. The number of hydrogen-bond acceptors (Lipinski definition) is 5. The summed E-state index contributed by atoms with van der Waals surface area (Å²) in [5.41, 5.74) is 1.73. The van der Waals surface area contributed by atoms with Crippen molar-refractivity contribution in [3.05, 3.63) is 89.5 Å². The standard InChI is InChI=1S/C25H25NO5S/c1-4-23(27)19-13-15-22(16-14-19)31-25(28)20-12-11-18(3)24(17-20)32(29,30)26(5-2)21-9-7-6-8-10-21/h6-17H,4-5H2,1-3H3. The molecule has 3 rings (SSSR count). The molecule has 0 saturated carbocycles. The lowest BCUT2D eigenvalue weighted by Crippen LogP contribution is -2.31. The van der Waals surface area contributed by atoms with E-state index in [0.717, 1.165) is 0 Å². The highest BCUT2D eigenvalue weighted by Gasteiger charge is 2.26. The van der Waals surface area contributed by atoms with Crippen molar-refractivity contribution < 1.29 is 22.7 Å². The molecular weight excluding hydrogens is 426 g/mol. The lowest BCUT2D eigenvalue weighted by Gasteiger charge is -2.24. The third-order valence-corrected chi connectivity index (χ3v) is 7.08. The molecule has 0 saturated heterocycles. The Kier molecular flexibility index (Phi) is 7.10. The zero-order valence-corrected chi connectivity index (χ0v) is 19.1. The van der Waals surface area contributed by atoms with Crippen molar-refractivity contribution in [3.63, 3.8) is 0 Å². The monoisotopic (exact) mass is 451 g/mol. The van der Waals surface area contributed by atoms with Gasteiger partial charge in [0.25, 0.3) is 10.0 Å². The van der Waals surface area contributed by atoms with Crippen LogP contribution in [0, 0.1) is 6.92 Å². The minimum Gasteiger partial charge on any atom is -0.423 e. The van der Waals surface area contributed by atoms with Crippen molar-refractivity contribution >= 4 is 27.5 Å². The van der Waals surface area contributed by atoms with Crippen molar-refractivity contribution in [1.82, 2.24) is 0 Å². The lowest BCUT2D eigenvalue weighted by molar-refractivity contribution is 0.0734. The number of para-hydroxylation sites is 1. The van der Waals surface area contributed by atoms with Gasteiger partial charge in [0, 0.05) is 18.5 Å². The summed E-state index contributed by atoms with van der Waals surface area (Å²) in [5, 5.41) is 0. The molecule has 7 heteroatoms. The summed E-state index contributed by atoms with van der Waals surface area (Å²) in [5.74, 6) is -0.416. The topological polar surface area (TPSA) is 80.8 Å². The van der Waals surface area contributed by atoms with Gasteiger partial charge < -0.3 is 4.74 Å². The maximum absolute atomic E-state index is 13.4. The van der Waals surface area contributed by atoms with Gasteiger partial charge in [-0.25, -0.2) is 13.2 Å². The Labute approximate surface area is 188 Å². The second-order valence-corrected chi connectivity index (χ2v) is 9.01. The molecule has 0 aliphatic heterocycles. The SMILES string of the molecule is CCC(=O)c1ccc(OC(=O)c2ccc(C)c(S(=O)(=O)N(CC)c3ccccc3)c2)cc1. The van der Waals surface area contributed by atoms with E-state index in [0.29, 0.717) is 23.2 Å². The zero-order valence-electron chi connectivity index (χ0n) is 18.2. The third-order valence-electron chi connectivity index (χ3n) is 5.03. The van der Waals surface area contributed by atoms with Crippen LogP contribution in [-0.4, -0.2) is 26.7 Å². The number of ether oxygens (including phenoxy) is 1. The molecule has 0 bridgehead atoms. The Morgan fingerprint density at radius 1 is 0.875 bits per heavy atom. The van der Waals surface area contributed by atoms with Crippen LogP contribution in [0.1, 0.15) is 46.5 Å². The fourth-order valence-electron chi connectivity index (χ4n) is 3.29. The molecule has 0 atom stereocenters. The number of hydrogen-bond donors (Lipinski definition) is 0. The summed E-state index contributed by atoms with van der Waals surface area (Å²) < 4.78 is 33.5. The number of rotatable bonds is 8. The van der Waals surface area contributed by atoms with Crippen LogP contribution in [0.5, 0.6) is 5.75 Å². The molecular formula is C25H25NO5S. The molecule has 0 heterocycles. The first-order chi connectivity index (χ1) is 15.3. The van der Waals surface area contributed by atoms with Gasteiger partial charge in [-0.15, -0.1) is 0 Å². The minimum atomic E-state index is -3.89. The third kappa shape index (κ3) is 4.89. The van der Waals surface area contributed by atoms with E-state index >= 15 is 0 Å². The zero-order chi connectivity index (χ0) is 23.3. The fraction of sp³-hybridized carbons (Fsp3) is 0.200. The number of anilines is 1. The van der Waals surface area contributed by atoms with Gasteiger partial charge in [0.2, 0.25) is 0 Å². The van der Waals surface area contributed by atoms with Crippen molar-refractivity contribution in [1.29, 1.82) is 0 Å². The van der Waals surface area contributed by atoms with E-state index in [-0.39, 0.29) is 28.5 Å². The van der Waals surface area contributed by atoms with Crippen LogP contribution in [0.15, 0.2) is 77.7 Å². The first kappa shape index (κ1) is 23.2. The van der Waals surface area contributed by atoms with Crippen molar-refractivity contribution in [2.45, 2.75) is 32.1 Å². The molecule has 0 unspecified atom stereocenters. The summed E-state index contributed by atoms with van der Waals surface area (Å²) in [6.45, 7) is 5.45. The average Bonchev–Trinajstić information content (AvgIpc) is 2.80. The van der Waals surface area contributed by atoms with Gasteiger partial charge in [-0.05, 0) is 67.9 Å². The van der Waals surface area contributed by atoms with Crippen LogP contribution >= 0.6 is 0 Å². The smallest absolute Gasteiger partial charge is 0.343 e. The van der Waals surface area contributed by atoms with Crippen LogP contribution in [0.2, 0.25) is 0 Å². The van der Waals surface area contributed by atoms with E-state index in [1.165, 1.54) is 16.4 Å². The largest absolute Gasteiger partial charge is 0.423 e. The highest BCUT2D eigenvalue weighted by molar-refractivity contribution is 7.92. The van der Waals surface area contributed by atoms with E-state index in [9.17, 15) is 18.0 Å². The maximum atomic E-state index is 13.4. The second-order valence-electron chi connectivity index (χ2n) is 7.18. The van der Waals surface area contributed by atoms with Gasteiger partial charge in [-0.3, -0.25) is 9.10 Å². The molecule has 32 heavy (non-hydrogen) atoms. The maximum Gasteiger partial charge on any atom is 0.343 e. The molecule has 0 fully saturated rings. The quantitative estimate of drug-likeness (QED) is 0.273. The summed E-state index contributed by atoms with van der Waals surface area (Å²) in [6, 6.07) is 19.5. The second kappa shape index (κ2) is 9.78. The van der Waals surface area contributed by atoms with Gasteiger partial charge in [-0.2, -0.15) is 0 Å². The van der Waals surface area contributed by atoms with Gasteiger partial charge >= 0.3 is 5.97 Å². The molecule has 0 spiro atoms. The number of carbonyl (C=O) groups is 2. The predicted octanol–water partition coefficient (Wildman–Crippen LogP) is 5.02. The van der Waals surface area contributed by atoms with Crippen LogP contribution in [-0.2, 0) is 10.0 Å². The Hall–Kier alpha value is -3.45. The first-order valence-corrected chi connectivity index (χ1v) is 11.8. The van der Waals surface area contributed by atoms with E-state index in [1.807, 2.05) is 6.07 Å². The number of ketones is 1. The fourth-order valence-corrected chi connectivity index (χ4v) is 5.02. The van der Waals surface area contributed by atoms with E-state index in [2.05, 4.69) is 0 Å². The molecule has 166 valence electrons. The number of carbonyl (C=O) groups excluding carboxylic acids is 2. The molecule has 6 nitrogen and oxygen atoms in total. The number of Topliss-reactive ketones (excluding diaryl/α,β-unsaturated/α-hetero) is 1. The number of benzene rings is 3. The van der Waals surface area contributed by atoms with Crippen LogP contribution < -0.4 is 9.04 Å². The summed E-state index contributed by atoms with van der Waals surface area (Å²) in [7, 11) is -3.89. The van der Waals surface area contributed by atoms with Gasteiger partial charge in [0.15, 0.2) is 5.78 Å². The normalized spacial score (nSPS) is 11.1. The Balaban J connectivity index is 1.89. The van der Waals surface area contributed by atoms with Crippen molar-refractivity contribution in [2.24, 2.45) is 0 Å². The molecule has 0 amide bonds. The lowest BCUT2D eigenvalue weighted by atomic mass is 10.1. The first-order valence-electron chi connectivity index (χ1n) is 10.3. The molecule has 0 radical (unpaired) electrons. The molecule has 0 aliphatic carbocycles. The van der Waals surface area contributed by atoms with Gasteiger partial charge in [-0.1, -0.05) is 31.2 Å². The Bertz CT molecular complexity index is 1220. The van der Waals surface area contributed by atoms with Gasteiger partial charge in [0.1, 0.15) is 5.75 Å². The summed E-state index contributed by atoms with van der Waals surface area (Å²) in [6.07, 6.45) is 0.386. The number of nitrogens with zero attached hydrogens (tertiary/aromatic N) is 1. The van der Waals surface area contributed by atoms with Gasteiger partial charge in [0.05, 0.1) is 16.1 Å².